The Hall–Kier alpha value is -0.790. The predicted molar refractivity (Wildman–Crippen MR) is 63.7 cm³/mol. The maximum atomic E-state index is 10.8. The lowest BCUT2D eigenvalue weighted by molar-refractivity contribution is -0.138. The lowest BCUT2D eigenvalue weighted by Crippen LogP contribution is -2.18. The Balaban J connectivity index is 3.81. The van der Waals surface area contributed by atoms with Gasteiger partial charge in [0.15, 0.2) is 0 Å². The number of hydrogen-bond donors (Lipinski definition) is 0. The largest absolute Gasteiger partial charge is 0.463 e. The van der Waals surface area contributed by atoms with Gasteiger partial charge in [-0.3, -0.25) is 0 Å². The second-order valence-corrected chi connectivity index (χ2v) is 4.04. The van der Waals surface area contributed by atoms with E-state index in [9.17, 15) is 4.79 Å². The highest BCUT2D eigenvalue weighted by atomic mass is 16.5. The molecule has 0 aromatic rings. The van der Waals surface area contributed by atoms with Crippen LogP contribution in [0.1, 0.15) is 52.9 Å². The Morgan fingerprint density at radius 3 is 2.20 bits per heavy atom. The second kappa shape index (κ2) is 7.49. The van der Waals surface area contributed by atoms with Crippen molar-refractivity contribution in [2.24, 2.45) is 5.41 Å². The third-order valence-corrected chi connectivity index (χ3v) is 3.51. The van der Waals surface area contributed by atoms with Gasteiger partial charge < -0.3 is 4.74 Å². The molecule has 15 heavy (non-hydrogen) atoms. The van der Waals surface area contributed by atoms with Gasteiger partial charge >= 0.3 is 5.97 Å². The van der Waals surface area contributed by atoms with E-state index < -0.39 is 0 Å². The molecule has 0 bridgehead atoms. The van der Waals surface area contributed by atoms with Crippen molar-refractivity contribution in [2.45, 2.75) is 52.9 Å². The molecule has 0 saturated carbocycles. The molecule has 0 fully saturated rings. The van der Waals surface area contributed by atoms with Crippen LogP contribution in [0.3, 0.4) is 0 Å². The molecule has 0 N–H and O–H groups in total. The van der Waals surface area contributed by atoms with Crippen molar-refractivity contribution in [1.29, 1.82) is 0 Å². The van der Waals surface area contributed by atoms with Crippen LogP contribution < -0.4 is 0 Å². The summed E-state index contributed by atoms with van der Waals surface area (Å²) < 4.78 is 4.96. The third-order valence-electron chi connectivity index (χ3n) is 3.51. The molecule has 0 aromatic carbocycles. The average Bonchev–Trinajstić information content (AvgIpc) is 2.30. The lowest BCUT2D eigenvalue weighted by atomic mass is 9.76. The van der Waals surface area contributed by atoms with Crippen molar-refractivity contribution in [1.82, 2.24) is 0 Å². The Labute approximate surface area is 93.7 Å². The van der Waals surface area contributed by atoms with E-state index in [0.29, 0.717) is 12.0 Å². The minimum Gasteiger partial charge on any atom is -0.463 e. The van der Waals surface area contributed by atoms with Crippen LogP contribution in [0.25, 0.3) is 0 Å². The molecule has 0 rings (SSSR count). The molecule has 0 radical (unpaired) electrons. The zero-order chi connectivity index (χ0) is 11.7. The van der Waals surface area contributed by atoms with Crippen molar-refractivity contribution in [3.05, 3.63) is 12.7 Å². The summed E-state index contributed by atoms with van der Waals surface area (Å²) in [6.07, 6.45) is 6.92. The van der Waals surface area contributed by atoms with Gasteiger partial charge in [0.1, 0.15) is 0 Å². The number of carbonyl (C=O) groups is 1. The normalized spacial score (nSPS) is 11.1. The Bertz CT molecular complexity index is 184. The van der Waals surface area contributed by atoms with Gasteiger partial charge in [0.05, 0.1) is 6.61 Å². The molecule has 0 atom stereocenters. The number of rotatable bonds is 8. The van der Waals surface area contributed by atoms with E-state index in [4.69, 9.17) is 4.74 Å². The fourth-order valence-corrected chi connectivity index (χ4v) is 1.96. The molecule has 0 aliphatic rings. The van der Waals surface area contributed by atoms with Crippen molar-refractivity contribution >= 4 is 5.97 Å². The summed E-state index contributed by atoms with van der Waals surface area (Å²) in [5.41, 5.74) is 0.445. The first kappa shape index (κ1) is 14.2. The van der Waals surface area contributed by atoms with Gasteiger partial charge in [-0.2, -0.15) is 0 Å². The van der Waals surface area contributed by atoms with Crippen LogP contribution in [0.2, 0.25) is 0 Å². The van der Waals surface area contributed by atoms with Gasteiger partial charge in [-0.1, -0.05) is 46.6 Å². The van der Waals surface area contributed by atoms with Crippen molar-refractivity contribution in [3.8, 4) is 0 Å². The molecule has 0 amide bonds. The molecule has 0 aliphatic carbocycles. The number of carbonyl (C=O) groups excluding carboxylic acids is 1. The number of hydrogen-bond acceptors (Lipinski definition) is 2. The highest BCUT2D eigenvalue weighted by Crippen LogP contribution is 2.35. The summed E-state index contributed by atoms with van der Waals surface area (Å²) in [4.78, 5) is 10.8. The molecule has 88 valence electrons. The summed E-state index contributed by atoms with van der Waals surface area (Å²) in [5, 5.41) is 0. The molecule has 0 aromatic heterocycles. The minimum atomic E-state index is -0.315. The lowest BCUT2D eigenvalue weighted by Gasteiger charge is -2.30. The molecule has 0 aliphatic heterocycles. The van der Waals surface area contributed by atoms with Gasteiger partial charge in [0, 0.05) is 6.08 Å². The number of ether oxygens (including phenoxy) is 1. The fraction of sp³-hybridized carbons (Fsp3) is 0.769. The first-order chi connectivity index (χ1) is 7.14. The highest BCUT2D eigenvalue weighted by Gasteiger charge is 2.22. The first-order valence-corrected chi connectivity index (χ1v) is 5.93. The summed E-state index contributed by atoms with van der Waals surface area (Å²) in [7, 11) is 0. The maximum absolute atomic E-state index is 10.8. The van der Waals surface area contributed by atoms with Crippen LogP contribution >= 0.6 is 0 Å². The smallest absolute Gasteiger partial charge is 0.330 e. The maximum Gasteiger partial charge on any atom is 0.330 e. The predicted octanol–water partition coefficient (Wildman–Crippen LogP) is 3.71. The summed E-state index contributed by atoms with van der Waals surface area (Å²) in [6.45, 7) is 10.6. The minimum absolute atomic E-state index is 0.315. The van der Waals surface area contributed by atoms with E-state index in [2.05, 4.69) is 27.4 Å². The van der Waals surface area contributed by atoms with Crippen molar-refractivity contribution in [3.63, 3.8) is 0 Å². The van der Waals surface area contributed by atoms with Gasteiger partial charge in [0.25, 0.3) is 0 Å². The molecule has 0 saturated heterocycles. The first-order valence-electron chi connectivity index (χ1n) is 5.93. The van der Waals surface area contributed by atoms with Crippen molar-refractivity contribution < 1.29 is 9.53 Å². The van der Waals surface area contributed by atoms with Gasteiger partial charge in [-0.25, -0.2) is 4.79 Å². The van der Waals surface area contributed by atoms with Crippen LogP contribution in [0.5, 0.6) is 0 Å². The van der Waals surface area contributed by atoms with E-state index in [0.717, 1.165) is 12.8 Å². The molecule has 0 heterocycles. The Morgan fingerprint density at radius 1 is 1.27 bits per heavy atom. The van der Waals surface area contributed by atoms with Crippen LogP contribution in [-0.4, -0.2) is 12.6 Å². The molecular formula is C13H24O2. The molecule has 0 spiro atoms. The quantitative estimate of drug-likeness (QED) is 0.348. The molecule has 0 unspecified atom stereocenters. The summed E-state index contributed by atoms with van der Waals surface area (Å²) >= 11 is 0. The Kier molecular flexibility index (Phi) is 7.10. The second-order valence-electron chi connectivity index (χ2n) is 4.04. The zero-order valence-electron chi connectivity index (χ0n) is 10.3. The Morgan fingerprint density at radius 2 is 1.80 bits per heavy atom. The summed E-state index contributed by atoms with van der Waals surface area (Å²) in [5.74, 6) is -0.315. The molecule has 2 nitrogen and oxygen atoms in total. The fourth-order valence-electron chi connectivity index (χ4n) is 1.96. The standard InChI is InChI=1S/C13H24O2/c1-5-12(14)15-11-9-10-13(6-2,7-3)8-4/h5H,1,6-11H2,2-4H3. The van der Waals surface area contributed by atoms with Crippen molar-refractivity contribution in [2.75, 3.05) is 6.61 Å². The van der Waals surface area contributed by atoms with E-state index in [1.165, 1.54) is 25.3 Å². The van der Waals surface area contributed by atoms with Crippen LogP contribution in [0, 0.1) is 5.41 Å². The highest BCUT2D eigenvalue weighted by molar-refractivity contribution is 5.81. The average molecular weight is 212 g/mol. The summed E-state index contributed by atoms with van der Waals surface area (Å²) in [6, 6.07) is 0. The van der Waals surface area contributed by atoms with E-state index in [-0.39, 0.29) is 5.97 Å². The van der Waals surface area contributed by atoms with Crippen LogP contribution in [-0.2, 0) is 9.53 Å². The molecule has 2 heteroatoms. The number of esters is 1. The van der Waals surface area contributed by atoms with E-state index >= 15 is 0 Å². The van der Waals surface area contributed by atoms with E-state index in [1.807, 2.05) is 0 Å². The van der Waals surface area contributed by atoms with Gasteiger partial charge in [-0.05, 0) is 18.3 Å². The monoisotopic (exact) mass is 212 g/mol. The van der Waals surface area contributed by atoms with Gasteiger partial charge in [-0.15, -0.1) is 0 Å². The van der Waals surface area contributed by atoms with Crippen LogP contribution in [0.15, 0.2) is 12.7 Å². The topological polar surface area (TPSA) is 26.3 Å². The molecular weight excluding hydrogens is 188 g/mol. The van der Waals surface area contributed by atoms with Crippen LogP contribution in [0.4, 0.5) is 0 Å². The van der Waals surface area contributed by atoms with Gasteiger partial charge in [0.2, 0.25) is 0 Å². The SMILES string of the molecule is C=CC(=O)OCCCC(CC)(CC)CC. The van der Waals surface area contributed by atoms with E-state index in [1.54, 1.807) is 0 Å². The zero-order valence-corrected chi connectivity index (χ0v) is 10.3. The third kappa shape index (κ3) is 5.01.